The van der Waals surface area contributed by atoms with Crippen LogP contribution in [0.15, 0.2) is 42.5 Å². The molecule has 3 aliphatic rings. The Kier molecular flexibility index (Phi) is 8.05. The van der Waals surface area contributed by atoms with Crippen LogP contribution in [0.3, 0.4) is 0 Å². The van der Waals surface area contributed by atoms with Crippen LogP contribution in [0.1, 0.15) is 24.8 Å². The Morgan fingerprint density at radius 3 is 2.57 bits per heavy atom. The molecule has 10 heteroatoms. The number of fused-ring (bicyclic) bond motifs is 2. The highest BCUT2D eigenvalue weighted by molar-refractivity contribution is 6.30. The van der Waals surface area contributed by atoms with Gasteiger partial charge >= 0.3 is 0 Å². The van der Waals surface area contributed by atoms with Crippen LogP contribution < -0.4 is 20.1 Å². The van der Waals surface area contributed by atoms with Gasteiger partial charge in [0.2, 0.25) is 5.91 Å². The smallest absolute Gasteiger partial charge is 0.272 e. The van der Waals surface area contributed by atoms with Gasteiger partial charge in [0.15, 0.2) is 6.61 Å². The summed E-state index contributed by atoms with van der Waals surface area (Å²) in [5.74, 6) is -0.295. The summed E-state index contributed by atoms with van der Waals surface area (Å²) < 4.78 is 49.0. The summed E-state index contributed by atoms with van der Waals surface area (Å²) in [6.07, 6.45) is -0.386. The molecule has 2 aromatic carbocycles. The largest absolute Gasteiger partial charge is 0.487 e. The van der Waals surface area contributed by atoms with E-state index in [1.165, 1.54) is 12.1 Å². The Bertz CT molecular complexity index is 1060. The van der Waals surface area contributed by atoms with E-state index < -0.39 is 18.8 Å². The molecule has 0 saturated heterocycles. The van der Waals surface area contributed by atoms with Crippen molar-refractivity contribution in [1.82, 2.24) is 10.6 Å². The third kappa shape index (κ3) is 6.39. The maximum atomic E-state index is 13.5. The fraction of sp³-hybridized carbons (Fsp3) is 0.440. The number of ether oxygens (including phenoxy) is 2. The summed E-state index contributed by atoms with van der Waals surface area (Å²) in [7, 11) is 0. The minimum Gasteiger partial charge on any atom is -0.487 e. The Morgan fingerprint density at radius 1 is 1.06 bits per heavy atom. The predicted octanol–water partition coefficient (Wildman–Crippen LogP) is 4.35. The second-order valence-corrected chi connectivity index (χ2v) is 9.31. The number of benzene rings is 2. The van der Waals surface area contributed by atoms with Crippen molar-refractivity contribution in [3.8, 4) is 11.5 Å². The zero-order chi connectivity index (χ0) is 24.9. The molecule has 2 bridgehead atoms. The summed E-state index contributed by atoms with van der Waals surface area (Å²) in [5.41, 5.74) is 0.615. The molecule has 3 aliphatic carbocycles. The van der Waals surface area contributed by atoms with E-state index >= 15 is 0 Å². The van der Waals surface area contributed by atoms with E-state index in [1.54, 1.807) is 24.3 Å². The van der Waals surface area contributed by atoms with Crippen molar-refractivity contribution in [2.75, 3.05) is 13.2 Å². The van der Waals surface area contributed by atoms with E-state index in [0.717, 1.165) is 18.9 Å². The van der Waals surface area contributed by atoms with E-state index in [0.29, 0.717) is 23.7 Å². The Morgan fingerprint density at radius 2 is 1.83 bits per heavy atom. The molecule has 2 amide bonds. The lowest BCUT2D eigenvalue weighted by molar-refractivity contribution is -0.136. The minimum atomic E-state index is -2.59. The molecule has 3 saturated carbocycles. The molecule has 0 heterocycles. The molecule has 0 unspecified atom stereocenters. The number of hydrogen-bond donors (Lipinski definition) is 2. The monoisotopic (exact) mass is 510 g/mol. The normalized spacial score (nSPS) is 22.8. The van der Waals surface area contributed by atoms with Crippen molar-refractivity contribution < 1.29 is 32.2 Å². The van der Waals surface area contributed by atoms with Gasteiger partial charge in [0, 0.05) is 30.1 Å². The standard InChI is InChI=1S/C25H26ClF3N2O4/c26-19-6-5-17(9-20(19)27)34-13-24(32)31-21-10-18(15-7-16(21)8-15)25(33)30-11-14-3-1-2-4-22(14)35-12-23(28)29/h1-6,9,15-16,18,21,23H,7-8,10-13H2,(H,30,33)(H,31,32)/t15?,16?,18-,21+/m1/s1. The average Bonchev–Trinajstić information content (AvgIpc) is 2.81. The number of amides is 2. The van der Waals surface area contributed by atoms with Gasteiger partial charge in [-0.05, 0) is 49.3 Å². The zero-order valence-corrected chi connectivity index (χ0v) is 19.6. The van der Waals surface area contributed by atoms with Gasteiger partial charge in [-0.25, -0.2) is 13.2 Å². The van der Waals surface area contributed by atoms with E-state index in [-0.39, 0.29) is 53.6 Å². The van der Waals surface area contributed by atoms with Crippen LogP contribution >= 0.6 is 11.6 Å². The van der Waals surface area contributed by atoms with Gasteiger partial charge in [-0.3, -0.25) is 9.59 Å². The van der Waals surface area contributed by atoms with Crippen LogP contribution in [0.4, 0.5) is 13.2 Å². The molecule has 35 heavy (non-hydrogen) atoms. The molecule has 0 spiro atoms. The second kappa shape index (κ2) is 11.2. The van der Waals surface area contributed by atoms with Crippen LogP contribution in [0, 0.1) is 23.6 Å². The quantitative estimate of drug-likeness (QED) is 0.498. The molecular weight excluding hydrogens is 485 g/mol. The number of carbonyl (C=O) groups excluding carboxylic acids is 2. The molecule has 5 rings (SSSR count). The number of hydrogen-bond acceptors (Lipinski definition) is 4. The van der Waals surface area contributed by atoms with Crippen molar-refractivity contribution in [3.05, 3.63) is 58.9 Å². The Balaban J connectivity index is 1.27. The highest BCUT2D eigenvalue weighted by atomic mass is 35.5. The van der Waals surface area contributed by atoms with Gasteiger partial charge in [0.1, 0.15) is 23.9 Å². The lowest BCUT2D eigenvalue weighted by atomic mass is 9.57. The number of carbonyl (C=O) groups is 2. The first-order chi connectivity index (χ1) is 16.8. The van der Waals surface area contributed by atoms with Gasteiger partial charge in [0.25, 0.3) is 12.3 Å². The summed E-state index contributed by atoms with van der Waals surface area (Å²) >= 11 is 5.65. The number of rotatable bonds is 10. The van der Waals surface area contributed by atoms with E-state index in [2.05, 4.69) is 10.6 Å². The predicted molar refractivity (Wildman–Crippen MR) is 123 cm³/mol. The third-order valence-electron chi connectivity index (χ3n) is 6.59. The number of alkyl halides is 2. The lowest BCUT2D eigenvalue weighted by Gasteiger charge is -2.50. The summed E-state index contributed by atoms with van der Waals surface area (Å²) in [4.78, 5) is 25.3. The first-order valence-electron chi connectivity index (χ1n) is 11.4. The fourth-order valence-corrected chi connectivity index (χ4v) is 4.86. The minimum absolute atomic E-state index is 0.0305. The van der Waals surface area contributed by atoms with Crippen molar-refractivity contribution in [1.29, 1.82) is 0 Å². The number of para-hydroxylation sites is 1. The van der Waals surface area contributed by atoms with Crippen LogP contribution in [-0.2, 0) is 16.1 Å². The van der Waals surface area contributed by atoms with Crippen LogP contribution in [-0.4, -0.2) is 37.5 Å². The maximum absolute atomic E-state index is 13.5. The maximum Gasteiger partial charge on any atom is 0.272 e. The summed E-state index contributed by atoms with van der Waals surface area (Å²) in [6, 6.07) is 10.5. The molecule has 3 fully saturated rings. The summed E-state index contributed by atoms with van der Waals surface area (Å²) in [5, 5.41) is 5.80. The first-order valence-corrected chi connectivity index (χ1v) is 11.8. The average molecular weight is 511 g/mol. The molecule has 0 aromatic heterocycles. The van der Waals surface area contributed by atoms with Gasteiger partial charge in [-0.2, -0.15) is 0 Å². The molecule has 0 aliphatic heterocycles. The molecule has 0 radical (unpaired) electrons. The van der Waals surface area contributed by atoms with Crippen LogP contribution in [0.25, 0.3) is 0 Å². The molecule has 6 nitrogen and oxygen atoms in total. The molecule has 2 aromatic rings. The van der Waals surface area contributed by atoms with Crippen molar-refractivity contribution in [2.45, 2.75) is 38.3 Å². The van der Waals surface area contributed by atoms with Crippen LogP contribution in [0.5, 0.6) is 11.5 Å². The highest BCUT2D eigenvalue weighted by Gasteiger charge is 2.48. The van der Waals surface area contributed by atoms with Gasteiger partial charge in [-0.1, -0.05) is 29.8 Å². The van der Waals surface area contributed by atoms with E-state index in [9.17, 15) is 22.8 Å². The van der Waals surface area contributed by atoms with E-state index in [1.807, 2.05) is 0 Å². The fourth-order valence-electron chi connectivity index (χ4n) is 4.74. The van der Waals surface area contributed by atoms with Gasteiger partial charge < -0.3 is 20.1 Å². The topological polar surface area (TPSA) is 76.7 Å². The number of halogens is 4. The third-order valence-corrected chi connectivity index (χ3v) is 6.90. The zero-order valence-electron chi connectivity index (χ0n) is 18.8. The van der Waals surface area contributed by atoms with Gasteiger partial charge in [-0.15, -0.1) is 0 Å². The van der Waals surface area contributed by atoms with Crippen molar-refractivity contribution in [2.24, 2.45) is 17.8 Å². The lowest BCUT2D eigenvalue weighted by Crippen LogP contribution is -2.56. The molecular formula is C25H26ClF3N2O4. The first kappa shape index (κ1) is 25.2. The number of nitrogens with one attached hydrogen (secondary N) is 2. The Labute approximate surface area is 206 Å². The highest BCUT2D eigenvalue weighted by Crippen LogP contribution is 2.49. The summed E-state index contributed by atoms with van der Waals surface area (Å²) in [6.45, 7) is -0.831. The van der Waals surface area contributed by atoms with Crippen molar-refractivity contribution >= 4 is 23.4 Å². The van der Waals surface area contributed by atoms with Gasteiger partial charge in [0.05, 0.1) is 5.02 Å². The van der Waals surface area contributed by atoms with Crippen molar-refractivity contribution in [3.63, 3.8) is 0 Å². The molecule has 188 valence electrons. The molecule has 2 atom stereocenters. The molecule has 2 N–H and O–H groups in total. The van der Waals surface area contributed by atoms with Crippen LogP contribution in [0.2, 0.25) is 5.02 Å². The SMILES string of the molecule is O=C(COc1ccc(Cl)c(F)c1)N[C@H]1C[C@@H](C(=O)NCc2ccccc2OCC(F)F)C2CC1C2. The Hall–Kier alpha value is -2.94. The van der Waals surface area contributed by atoms with E-state index in [4.69, 9.17) is 21.1 Å². The second-order valence-electron chi connectivity index (χ2n) is 8.90.